The summed E-state index contributed by atoms with van der Waals surface area (Å²) in [6.07, 6.45) is 0. The van der Waals surface area contributed by atoms with Crippen LogP contribution in [-0.4, -0.2) is 9.55 Å². The highest BCUT2D eigenvalue weighted by atomic mass is 32.1. The molecule has 0 aliphatic rings. The Hall–Kier alpha value is -2.15. The molecule has 0 spiro atoms. The lowest BCUT2D eigenvalue weighted by molar-refractivity contribution is 0.513. The van der Waals surface area contributed by atoms with Gasteiger partial charge in [0.15, 0.2) is 16.4 Å². The van der Waals surface area contributed by atoms with E-state index in [1.807, 2.05) is 0 Å². The Bertz CT molecular complexity index is 882. The second-order valence-electron chi connectivity index (χ2n) is 4.12. The van der Waals surface area contributed by atoms with E-state index in [9.17, 15) is 17.6 Å². The lowest BCUT2D eigenvalue weighted by atomic mass is 10.2. The number of hydrogen-bond acceptors (Lipinski definition) is 1. The molecule has 0 atom stereocenters. The van der Waals surface area contributed by atoms with Gasteiger partial charge in [0.1, 0.15) is 17.2 Å². The first kappa shape index (κ1) is 12.9. The average molecular weight is 298 g/mol. The Kier molecular flexibility index (Phi) is 2.86. The van der Waals surface area contributed by atoms with Gasteiger partial charge in [-0.3, -0.25) is 4.57 Å². The summed E-state index contributed by atoms with van der Waals surface area (Å²) in [6.45, 7) is 0. The zero-order valence-electron chi connectivity index (χ0n) is 9.75. The van der Waals surface area contributed by atoms with Crippen LogP contribution in [-0.2, 0) is 0 Å². The van der Waals surface area contributed by atoms with Gasteiger partial charge in [0.05, 0.1) is 11.2 Å². The molecule has 0 aliphatic heterocycles. The predicted molar refractivity (Wildman–Crippen MR) is 68.3 cm³/mol. The molecular formula is C13H6F4N2S. The van der Waals surface area contributed by atoms with Gasteiger partial charge in [0.2, 0.25) is 0 Å². The number of H-pyrrole nitrogens is 1. The molecule has 0 amide bonds. The lowest BCUT2D eigenvalue weighted by Crippen LogP contribution is -2.01. The first-order valence-electron chi connectivity index (χ1n) is 5.53. The van der Waals surface area contributed by atoms with Gasteiger partial charge >= 0.3 is 0 Å². The highest BCUT2D eigenvalue weighted by molar-refractivity contribution is 7.71. The van der Waals surface area contributed by atoms with Gasteiger partial charge in [-0.25, -0.2) is 17.6 Å². The van der Waals surface area contributed by atoms with Gasteiger partial charge in [-0.2, -0.15) is 0 Å². The molecule has 102 valence electrons. The Balaban J connectivity index is 2.48. The second kappa shape index (κ2) is 4.45. The minimum Gasteiger partial charge on any atom is -0.330 e. The van der Waals surface area contributed by atoms with Crippen LogP contribution in [0.3, 0.4) is 0 Å². The van der Waals surface area contributed by atoms with Gasteiger partial charge in [0, 0.05) is 6.07 Å². The van der Waals surface area contributed by atoms with Crippen molar-refractivity contribution in [2.24, 2.45) is 0 Å². The van der Waals surface area contributed by atoms with Gasteiger partial charge < -0.3 is 4.98 Å². The molecule has 3 rings (SSSR count). The molecular weight excluding hydrogens is 292 g/mol. The molecule has 0 saturated heterocycles. The van der Waals surface area contributed by atoms with E-state index in [-0.39, 0.29) is 21.5 Å². The van der Waals surface area contributed by atoms with Crippen molar-refractivity contribution < 1.29 is 17.6 Å². The Labute approximate surface area is 115 Å². The van der Waals surface area contributed by atoms with Crippen LogP contribution in [0.25, 0.3) is 16.7 Å². The monoisotopic (exact) mass is 298 g/mol. The standard InChI is InChI=1S/C13H6F4N2S/c14-6-1-2-7(15)10(5-6)19-12-9(18-13(19)20)4-3-8(16)11(12)17/h1-5H,(H,18,20). The summed E-state index contributed by atoms with van der Waals surface area (Å²) >= 11 is 4.97. The number of aromatic nitrogens is 2. The molecule has 0 bridgehead atoms. The number of imidazole rings is 1. The van der Waals surface area contributed by atoms with Crippen LogP contribution in [0.1, 0.15) is 0 Å². The van der Waals surface area contributed by atoms with Crippen molar-refractivity contribution in [3.8, 4) is 5.69 Å². The molecule has 20 heavy (non-hydrogen) atoms. The first-order valence-corrected chi connectivity index (χ1v) is 5.94. The third kappa shape index (κ3) is 1.82. The molecule has 0 aliphatic carbocycles. The number of aromatic amines is 1. The maximum Gasteiger partial charge on any atom is 0.184 e. The fraction of sp³-hybridized carbons (Fsp3) is 0. The van der Waals surface area contributed by atoms with E-state index in [0.717, 1.165) is 28.8 Å². The van der Waals surface area contributed by atoms with Crippen molar-refractivity contribution in [3.05, 3.63) is 58.4 Å². The molecule has 7 heteroatoms. The van der Waals surface area contributed by atoms with E-state index < -0.39 is 23.3 Å². The fourth-order valence-corrected chi connectivity index (χ4v) is 2.32. The molecule has 2 aromatic carbocycles. The zero-order chi connectivity index (χ0) is 14.4. The summed E-state index contributed by atoms with van der Waals surface area (Å²) < 4.78 is 55.2. The summed E-state index contributed by atoms with van der Waals surface area (Å²) in [5.41, 5.74) is -0.359. The smallest absolute Gasteiger partial charge is 0.184 e. The van der Waals surface area contributed by atoms with Crippen LogP contribution in [0, 0.1) is 28.0 Å². The maximum atomic E-state index is 13.9. The molecule has 0 fully saturated rings. The van der Waals surface area contributed by atoms with E-state index in [1.165, 1.54) is 6.07 Å². The van der Waals surface area contributed by atoms with Crippen LogP contribution in [0.2, 0.25) is 0 Å². The van der Waals surface area contributed by atoms with E-state index in [2.05, 4.69) is 4.98 Å². The highest BCUT2D eigenvalue weighted by Gasteiger charge is 2.17. The van der Waals surface area contributed by atoms with Crippen molar-refractivity contribution >= 4 is 23.3 Å². The van der Waals surface area contributed by atoms with E-state index in [4.69, 9.17) is 12.2 Å². The predicted octanol–water partition coefficient (Wildman–Crippen LogP) is 4.24. The van der Waals surface area contributed by atoms with Gasteiger partial charge in [-0.05, 0) is 36.5 Å². The lowest BCUT2D eigenvalue weighted by Gasteiger charge is -2.07. The quantitative estimate of drug-likeness (QED) is 0.526. The largest absolute Gasteiger partial charge is 0.330 e. The van der Waals surface area contributed by atoms with Gasteiger partial charge in [0.25, 0.3) is 0 Å². The molecule has 2 nitrogen and oxygen atoms in total. The Morgan fingerprint density at radius 1 is 0.950 bits per heavy atom. The van der Waals surface area contributed by atoms with E-state index >= 15 is 0 Å². The number of hydrogen-bond donors (Lipinski definition) is 1. The van der Waals surface area contributed by atoms with Crippen molar-refractivity contribution in [3.63, 3.8) is 0 Å². The fourth-order valence-electron chi connectivity index (χ4n) is 2.02. The van der Waals surface area contributed by atoms with E-state index in [1.54, 1.807) is 0 Å². The van der Waals surface area contributed by atoms with Gasteiger partial charge in [-0.1, -0.05) is 0 Å². The van der Waals surface area contributed by atoms with Crippen molar-refractivity contribution in [1.29, 1.82) is 0 Å². The number of nitrogens with one attached hydrogen (secondary N) is 1. The van der Waals surface area contributed by atoms with Crippen LogP contribution in [0.4, 0.5) is 17.6 Å². The van der Waals surface area contributed by atoms with Crippen molar-refractivity contribution in [2.75, 3.05) is 0 Å². The average Bonchev–Trinajstić information content (AvgIpc) is 2.74. The van der Waals surface area contributed by atoms with Crippen molar-refractivity contribution in [1.82, 2.24) is 9.55 Å². The molecule has 3 aromatic rings. The Morgan fingerprint density at radius 3 is 2.40 bits per heavy atom. The van der Waals surface area contributed by atoms with Crippen LogP contribution < -0.4 is 0 Å². The van der Waals surface area contributed by atoms with E-state index in [0.29, 0.717) is 0 Å². The number of rotatable bonds is 1. The molecule has 0 saturated carbocycles. The second-order valence-corrected chi connectivity index (χ2v) is 4.51. The summed E-state index contributed by atoms with van der Waals surface area (Å²) in [6, 6.07) is 4.88. The first-order chi connectivity index (χ1) is 9.49. The molecule has 0 radical (unpaired) electrons. The summed E-state index contributed by atoms with van der Waals surface area (Å²) in [5.74, 6) is -3.79. The third-order valence-corrected chi connectivity index (χ3v) is 3.17. The normalized spacial score (nSPS) is 11.2. The number of nitrogens with zero attached hydrogens (tertiary/aromatic N) is 1. The molecule has 1 aromatic heterocycles. The van der Waals surface area contributed by atoms with Crippen LogP contribution in [0.15, 0.2) is 30.3 Å². The SMILES string of the molecule is Fc1ccc(F)c(-n2c(=S)[nH]c3ccc(F)c(F)c32)c1. The summed E-state index contributed by atoms with van der Waals surface area (Å²) in [5, 5.41) is 0. The molecule has 1 heterocycles. The molecule has 1 N–H and O–H groups in total. The number of benzene rings is 2. The zero-order valence-corrected chi connectivity index (χ0v) is 10.6. The maximum absolute atomic E-state index is 13.9. The highest BCUT2D eigenvalue weighted by Crippen LogP contribution is 2.25. The number of fused-ring (bicyclic) bond motifs is 1. The van der Waals surface area contributed by atoms with Crippen LogP contribution >= 0.6 is 12.2 Å². The summed E-state index contributed by atoms with van der Waals surface area (Å²) in [4.78, 5) is 2.62. The minimum atomic E-state index is -1.18. The Morgan fingerprint density at radius 2 is 1.65 bits per heavy atom. The summed E-state index contributed by atoms with van der Waals surface area (Å²) in [7, 11) is 0. The van der Waals surface area contributed by atoms with Gasteiger partial charge in [-0.15, -0.1) is 0 Å². The van der Waals surface area contributed by atoms with Crippen LogP contribution in [0.5, 0.6) is 0 Å². The number of halogens is 4. The topological polar surface area (TPSA) is 20.7 Å². The van der Waals surface area contributed by atoms with Crippen molar-refractivity contribution in [2.45, 2.75) is 0 Å². The molecule has 0 unspecified atom stereocenters. The third-order valence-electron chi connectivity index (χ3n) is 2.89. The minimum absolute atomic E-state index is 0.0611.